The molecule has 0 aliphatic heterocycles. The Bertz CT molecular complexity index is 1140. The molecule has 0 saturated heterocycles. The first-order valence-corrected chi connectivity index (χ1v) is 10.1. The van der Waals surface area contributed by atoms with Crippen LogP contribution in [0.1, 0.15) is 33.5 Å². The highest BCUT2D eigenvalue weighted by Crippen LogP contribution is 2.28. The SMILES string of the molecule is NC(=O)c1cc(S(=O)(=O)CC(F)(F)F)ccc1CC(c1ncccn1)c1ncn[nH]1. The Morgan fingerprint density at radius 1 is 1.17 bits per heavy atom. The van der Waals surface area contributed by atoms with Crippen molar-refractivity contribution < 1.29 is 26.4 Å². The van der Waals surface area contributed by atoms with E-state index in [-0.39, 0.29) is 12.0 Å². The summed E-state index contributed by atoms with van der Waals surface area (Å²) in [5, 5.41) is 6.47. The van der Waals surface area contributed by atoms with Gasteiger partial charge < -0.3 is 5.73 Å². The minimum Gasteiger partial charge on any atom is -0.366 e. The summed E-state index contributed by atoms with van der Waals surface area (Å²) in [6.07, 6.45) is -0.572. The number of sulfone groups is 1. The summed E-state index contributed by atoms with van der Waals surface area (Å²) in [6, 6.07) is 4.71. The molecule has 0 fully saturated rings. The number of nitrogens with one attached hydrogen (secondary N) is 1. The van der Waals surface area contributed by atoms with Crippen molar-refractivity contribution in [3.05, 3.63) is 65.8 Å². The van der Waals surface area contributed by atoms with Crippen LogP contribution in [0.4, 0.5) is 13.2 Å². The van der Waals surface area contributed by atoms with E-state index in [9.17, 15) is 26.4 Å². The van der Waals surface area contributed by atoms with Gasteiger partial charge in [0, 0.05) is 18.0 Å². The van der Waals surface area contributed by atoms with Crippen molar-refractivity contribution in [1.29, 1.82) is 0 Å². The summed E-state index contributed by atoms with van der Waals surface area (Å²) >= 11 is 0. The van der Waals surface area contributed by atoms with E-state index in [1.165, 1.54) is 24.8 Å². The average Bonchev–Trinajstić information content (AvgIpc) is 3.19. The highest BCUT2D eigenvalue weighted by molar-refractivity contribution is 7.91. The molecule has 3 N–H and O–H groups in total. The monoisotopic (exact) mass is 440 g/mol. The van der Waals surface area contributed by atoms with Crippen molar-refractivity contribution in [2.24, 2.45) is 5.73 Å². The lowest BCUT2D eigenvalue weighted by Gasteiger charge is -2.16. The molecule has 30 heavy (non-hydrogen) atoms. The molecule has 0 bridgehead atoms. The molecule has 13 heteroatoms. The number of halogens is 3. The fourth-order valence-electron chi connectivity index (χ4n) is 2.86. The second-order valence-corrected chi connectivity index (χ2v) is 8.28. The lowest BCUT2D eigenvalue weighted by Crippen LogP contribution is -2.24. The zero-order valence-electron chi connectivity index (χ0n) is 15.2. The van der Waals surface area contributed by atoms with Crippen LogP contribution in [0.15, 0.2) is 47.9 Å². The highest BCUT2D eigenvalue weighted by Gasteiger charge is 2.36. The van der Waals surface area contributed by atoms with Gasteiger partial charge in [-0.2, -0.15) is 18.3 Å². The molecule has 1 amide bonds. The lowest BCUT2D eigenvalue weighted by atomic mass is 9.94. The number of benzene rings is 1. The number of carbonyl (C=O) groups excluding carboxylic acids is 1. The van der Waals surface area contributed by atoms with Crippen molar-refractivity contribution in [2.75, 3.05) is 5.75 Å². The number of alkyl halides is 3. The van der Waals surface area contributed by atoms with Gasteiger partial charge in [0.2, 0.25) is 5.91 Å². The van der Waals surface area contributed by atoms with Gasteiger partial charge in [-0.15, -0.1) is 0 Å². The molecule has 9 nitrogen and oxygen atoms in total. The number of H-pyrrole nitrogens is 1. The van der Waals surface area contributed by atoms with Gasteiger partial charge in [0.15, 0.2) is 15.6 Å². The van der Waals surface area contributed by atoms with E-state index >= 15 is 0 Å². The molecule has 0 aliphatic rings. The molecule has 0 aliphatic carbocycles. The largest absolute Gasteiger partial charge is 0.403 e. The van der Waals surface area contributed by atoms with Crippen molar-refractivity contribution in [2.45, 2.75) is 23.4 Å². The standard InChI is InChI=1S/C17H15F3N6O3S/c18-17(19,20)8-30(28,29)11-3-2-10(12(7-11)14(21)27)6-13(16-24-9-25-26-16)15-22-4-1-5-23-15/h1-5,7,9,13H,6,8H2,(H2,21,27)(H,24,25,26). The van der Waals surface area contributed by atoms with E-state index < -0.39 is 38.5 Å². The van der Waals surface area contributed by atoms with E-state index in [1.807, 2.05) is 0 Å². The van der Waals surface area contributed by atoms with Gasteiger partial charge in [0.25, 0.3) is 0 Å². The first kappa shape index (κ1) is 21.4. The van der Waals surface area contributed by atoms with Gasteiger partial charge in [0.1, 0.15) is 18.0 Å². The molecule has 1 aromatic carbocycles. The fraction of sp³-hybridized carbons (Fsp3) is 0.235. The molecular weight excluding hydrogens is 425 g/mol. The molecule has 1 unspecified atom stereocenters. The van der Waals surface area contributed by atoms with E-state index in [0.717, 1.165) is 12.1 Å². The third kappa shape index (κ3) is 4.97. The van der Waals surface area contributed by atoms with E-state index in [2.05, 4.69) is 25.1 Å². The average molecular weight is 440 g/mol. The predicted molar refractivity (Wildman–Crippen MR) is 97.0 cm³/mol. The molecule has 0 radical (unpaired) electrons. The number of amides is 1. The summed E-state index contributed by atoms with van der Waals surface area (Å²) in [5.74, 6) is -2.90. The number of hydrogen-bond donors (Lipinski definition) is 2. The summed E-state index contributed by atoms with van der Waals surface area (Å²) in [6.45, 7) is 0. The van der Waals surface area contributed by atoms with Crippen molar-refractivity contribution in [3.8, 4) is 0 Å². The number of nitrogens with zero attached hydrogens (tertiary/aromatic N) is 4. The highest BCUT2D eigenvalue weighted by atomic mass is 32.2. The maximum Gasteiger partial charge on any atom is 0.403 e. The fourth-order valence-corrected chi connectivity index (χ4v) is 4.03. The number of carbonyl (C=O) groups is 1. The van der Waals surface area contributed by atoms with Gasteiger partial charge in [-0.25, -0.2) is 23.4 Å². The molecule has 0 spiro atoms. The lowest BCUT2D eigenvalue weighted by molar-refractivity contribution is -0.106. The zero-order valence-corrected chi connectivity index (χ0v) is 16.0. The summed E-state index contributed by atoms with van der Waals surface area (Å²) < 4.78 is 61.9. The zero-order chi connectivity index (χ0) is 21.9. The Labute approximate surface area is 168 Å². The summed E-state index contributed by atoms with van der Waals surface area (Å²) in [4.78, 5) is 23.7. The molecule has 158 valence electrons. The predicted octanol–water partition coefficient (Wildman–Crippen LogP) is 1.40. The third-order valence-electron chi connectivity index (χ3n) is 4.14. The van der Waals surface area contributed by atoms with Crippen molar-refractivity contribution in [3.63, 3.8) is 0 Å². The first-order valence-electron chi connectivity index (χ1n) is 8.41. The minimum absolute atomic E-state index is 0.0665. The molecule has 3 aromatic rings. The molecule has 2 heterocycles. The van der Waals surface area contributed by atoms with Crippen LogP contribution in [0, 0.1) is 0 Å². The van der Waals surface area contributed by atoms with Crippen LogP contribution in [0.2, 0.25) is 0 Å². The Kier molecular flexibility index (Phi) is 5.82. The smallest absolute Gasteiger partial charge is 0.366 e. The van der Waals surface area contributed by atoms with Crippen LogP contribution in [0.5, 0.6) is 0 Å². The van der Waals surface area contributed by atoms with Crippen LogP contribution in [-0.4, -0.2) is 51.4 Å². The Hall–Kier alpha value is -3.35. The summed E-state index contributed by atoms with van der Waals surface area (Å²) in [7, 11) is -4.70. The van der Waals surface area contributed by atoms with Crippen molar-refractivity contribution in [1.82, 2.24) is 25.1 Å². The van der Waals surface area contributed by atoms with Crippen LogP contribution < -0.4 is 5.73 Å². The van der Waals surface area contributed by atoms with Crippen LogP contribution in [0.25, 0.3) is 0 Å². The second-order valence-electron chi connectivity index (χ2n) is 6.29. The second kappa shape index (κ2) is 8.18. The van der Waals surface area contributed by atoms with Gasteiger partial charge in [-0.3, -0.25) is 9.89 Å². The quantitative estimate of drug-likeness (QED) is 0.565. The molecule has 1 atom stereocenters. The normalized spacial score (nSPS) is 13.2. The van der Waals surface area contributed by atoms with Gasteiger partial charge in [0.05, 0.1) is 10.8 Å². The van der Waals surface area contributed by atoms with Crippen LogP contribution >= 0.6 is 0 Å². The van der Waals surface area contributed by atoms with E-state index in [1.54, 1.807) is 6.07 Å². The maximum atomic E-state index is 12.6. The van der Waals surface area contributed by atoms with E-state index in [0.29, 0.717) is 17.2 Å². The topological polar surface area (TPSA) is 145 Å². The molecule has 0 saturated carbocycles. The molecule has 2 aromatic heterocycles. The molecule has 3 rings (SSSR count). The summed E-state index contributed by atoms with van der Waals surface area (Å²) in [5.41, 5.74) is 5.43. The Balaban J connectivity index is 2.02. The number of primary amides is 1. The maximum absolute atomic E-state index is 12.6. The third-order valence-corrected chi connectivity index (χ3v) is 5.82. The van der Waals surface area contributed by atoms with Gasteiger partial charge >= 0.3 is 6.18 Å². The number of rotatable bonds is 7. The van der Waals surface area contributed by atoms with E-state index in [4.69, 9.17) is 5.73 Å². The first-order chi connectivity index (χ1) is 14.1. The van der Waals surface area contributed by atoms with Crippen LogP contribution in [0.3, 0.4) is 0 Å². The Morgan fingerprint density at radius 2 is 1.87 bits per heavy atom. The number of nitrogens with two attached hydrogens (primary N) is 1. The molecular formula is C17H15F3N6O3S. The number of aromatic nitrogens is 5. The Morgan fingerprint density at radius 3 is 2.43 bits per heavy atom. The number of aromatic amines is 1. The van der Waals surface area contributed by atoms with Gasteiger partial charge in [-0.1, -0.05) is 6.07 Å². The minimum atomic E-state index is -4.92. The van der Waals surface area contributed by atoms with Crippen molar-refractivity contribution >= 4 is 15.7 Å². The van der Waals surface area contributed by atoms with Gasteiger partial charge in [-0.05, 0) is 30.2 Å². The number of hydrogen-bond acceptors (Lipinski definition) is 7. The van der Waals surface area contributed by atoms with Crippen LogP contribution in [-0.2, 0) is 16.3 Å².